The summed E-state index contributed by atoms with van der Waals surface area (Å²) in [6.07, 6.45) is 0.593. The Morgan fingerprint density at radius 2 is 2.00 bits per heavy atom. The minimum Gasteiger partial charge on any atom is -0.366 e. The molecule has 0 radical (unpaired) electrons. The first-order valence-corrected chi connectivity index (χ1v) is 4.15. The molecule has 1 fully saturated rings. The van der Waals surface area contributed by atoms with Crippen molar-refractivity contribution in [1.82, 2.24) is 0 Å². The summed E-state index contributed by atoms with van der Waals surface area (Å²) in [5.74, 6) is 0.0893. The number of ether oxygens (including phenoxy) is 1. The zero-order valence-corrected chi connectivity index (χ0v) is 7.82. The van der Waals surface area contributed by atoms with Crippen LogP contribution in [0, 0.1) is 0 Å². The molecule has 1 aliphatic heterocycles. The first-order chi connectivity index (χ1) is 5.37. The predicted octanol–water partition coefficient (Wildman–Crippen LogP) is 1.87. The van der Waals surface area contributed by atoms with Crippen molar-refractivity contribution in [3.05, 3.63) is 0 Å². The van der Waals surface area contributed by atoms with E-state index in [1.807, 2.05) is 13.8 Å². The lowest BCUT2D eigenvalue weighted by atomic mass is 9.88. The Balaban J connectivity index is 2.76. The lowest BCUT2D eigenvalue weighted by molar-refractivity contribution is -0.179. The summed E-state index contributed by atoms with van der Waals surface area (Å²) in [5.41, 5.74) is -1.39. The highest BCUT2D eigenvalue weighted by molar-refractivity contribution is 5.81. The van der Waals surface area contributed by atoms with E-state index in [1.165, 1.54) is 0 Å². The summed E-state index contributed by atoms with van der Waals surface area (Å²) >= 11 is 0. The van der Waals surface area contributed by atoms with Crippen LogP contribution < -0.4 is 0 Å². The third kappa shape index (κ3) is 2.03. The number of ketones is 1. The zero-order valence-electron chi connectivity index (χ0n) is 7.82. The molecule has 0 aromatic carbocycles. The van der Waals surface area contributed by atoms with E-state index in [4.69, 9.17) is 4.74 Å². The molecule has 1 unspecified atom stereocenters. The second kappa shape index (κ2) is 2.80. The van der Waals surface area contributed by atoms with Crippen molar-refractivity contribution in [3.63, 3.8) is 0 Å². The molecule has 2 nitrogen and oxygen atoms in total. The lowest BCUT2D eigenvalue weighted by Gasteiger charge is -2.40. The third-order valence-corrected chi connectivity index (χ3v) is 2.00. The fourth-order valence-corrected chi connectivity index (χ4v) is 1.77. The maximum absolute atomic E-state index is 12.5. The SMILES string of the molecule is CC1(C)CC(=O)CC(C)(CF)O1. The van der Waals surface area contributed by atoms with E-state index in [9.17, 15) is 9.18 Å². The van der Waals surface area contributed by atoms with Crippen molar-refractivity contribution >= 4 is 5.78 Å². The molecular formula is C9H15FO2. The summed E-state index contributed by atoms with van der Waals surface area (Å²) in [5, 5.41) is 0. The van der Waals surface area contributed by atoms with Gasteiger partial charge in [-0.05, 0) is 20.8 Å². The number of hydrogen-bond acceptors (Lipinski definition) is 2. The minimum absolute atomic E-state index is 0.0893. The van der Waals surface area contributed by atoms with E-state index in [0.29, 0.717) is 6.42 Å². The summed E-state index contributed by atoms with van der Waals surface area (Å²) in [4.78, 5) is 11.2. The minimum atomic E-state index is -0.890. The van der Waals surface area contributed by atoms with E-state index >= 15 is 0 Å². The van der Waals surface area contributed by atoms with Gasteiger partial charge in [0, 0.05) is 12.8 Å². The Morgan fingerprint density at radius 3 is 2.42 bits per heavy atom. The highest BCUT2D eigenvalue weighted by Crippen LogP contribution is 2.33. The van der Waals surface area contributed by atoms with Crippen molar-refractivity contribution in [2.45, 2.75) is 44.8 Å². The highest BCUT2D eigenvalue weighted by atomic mass is 19.1. The molecule has 0 aromatic rings. The summed E-state index contributed by atoms with van der Waals surface area (Å²) in [7, 11) is 0. The molecule has 0 bridgehead atoms. The van der Waals surface area contributed by atoms with Gasteiger partial charge in [0.15, 0.2) is 0 Å². The van der Waals surface area contributed by atoms with E-state index in [1.54, 1.807) is 6.92 Å². The molecule has 12 heavy (non-hydrogen) atoms. The number of hydrogen-bond donors (Lipinski definition) is 0. The first kappa shape index (κ1) is 9.65. The maximum Gasteiger partial charge on any atom is 0.138 e. The van der Waals surface area contributed by atoms with Gasteiger partial charge in [-0.1, -0.05) is 0 Å². The van der Waals surface area contributed by atoms with Gasteiger partial charge < -0.3 is 4.74 Å². The molecule has 0 aromatic heterocycles. The Bertz CT molecular complexity index is 201. The van der Waals surface area contributed by atoms with Crippen LogP contribution in [0.25, 0.3) is 0 Å². The summed E-state index contributed by atoms with van der Waals surface area (Å²) in [6.45, 7) is 4.68. The Hall–Kier alpha value is -0.440. The molecule has 0 aliphatic carbocycles. The third-order valence-electron chi connectivity index (χ3n) is 2.00. The van der Waals surface area contributed by atoms with Gasteiger partial charge in [-0.3, -0.25) is 4.79 Å². The van der Waals surface area contributed by atoms with Crippen LogP contribution in [-0.4, -0.2) is 23.7 Å². The van der Waals surface area contributed by atoms with Crippen molar-refractivity contribution in [2.75, 3.05) is 6.67 Å². The van der Waals surface area contributed by atoms with Crippen molar-refractivity contribution in [2.24, 2.45) is 0 Å². The number of Topliss-reactive ketones (excluding diaryl/α,β-unsaturated/α-hetero) is 1. The molecule has 0 amide bonds. The Morgan fingerprint density at radius 1 is 1.42 bits per heavy atom. The Kier molecular flexibility index (Phi) is 2.25. The molecule has 0 saturated carbocycles. The zero-order chi connectivity index (χ0) is 9.41. The normalized spacial score (nSPS) is 35.2. The predicted molar refractivity (Wildman–Crippen MR) is 43.8 cm³/mol. The second-order valence-electron chi connectivity index (χ2n) is 4.34. The first-order valence-electron chi connectivity index (χ1n) is 4.15. The molecule has 1 heterocycles. The molecule has 0 spiro atoms. The number of carbonyl (C=O) groups is 1. The van der Waals surface area contributed by atoms with Crippen LogP contribution in [0.3, 0.4) is 0 Å². The van der Waals surface area contributed by atoms with Gasteiger partial charge in [-0.2, -0.15) is 0 Å². The molecular weight excluding hydrogens is 159 g/mol. The van der Waals surface area contributed by atoms with Gasteiger partial charge >= 0.3 is 0 Å². The average molecular weight is 174 g/mol. The van der Waals surface area contributed by atoms with Crippen LogP contribution in [-0.2, 0) is 9.53 Å². The fourth-order valence-electron chi connectivity index (χ4n) is 1.77. The fraction of sp³-hybridized carbons (Fsp3) is 0.889. The van der Waals surface area contributed by atoms with E-state index in [0.717, 1.165) is 0 Å². The van der Waals surface area contributed by atoms with E-state index in [-0.39, 0.29) is 12.2 Å². The molecule has 0 N–H and O–H groups in total. The van der Waals surface area contributed by atoms with E-state index < -0.39 is 17.9 Å². The standard InChI is InChI=1S/C9H15FO2/c1-8(2)4-7(11)5-9(3,6-10)12-8/h4-6H2,1-3H3. The van der Waals surface area contributed by atoms with Crippen molar-refractivity contribution < 1.29 is 13.9 Å². The molecule has 70 valence electrons. The van der Waals surface area contributed by atoms with Crippen LogP contribution in [0.15, 0.2) is 0 Å². The number of alkyl halides is 1. The van der Waals surface area contributed by atoms with Crippen LogP contribution in [0.2, 0.25) is 0 Å². The summed E-state index contributed by atoms with van der Waals surface area (Å²) in [6, 6.07) is 0. The van der Waals surface area contributed by atoms with Crippen LogP contribution in [0.5, 0.6) is 0 Å². The largest absolute Gasteiger partial charge is 0.366 e. The maximum atomic E-state index is 12.5. The summed E-state index contributed by atoms with van der Waals surface area (Å²) < 4.78 is 18.0. The van der Waals surface area contributed by atoms with Crippen LogP contribution >= 0.6 is 0 Å². The monoisotopic (exact) mass is 174 g/mol. The number of carbonyl (C=O) groups excluding carboxylic acids is 1. The van der Waals surface area contributed by atoms with Crippen molar-refractivity contribution in [1.29, 1.82) is 0 Å². The van der Waals surface area contributed by atoms with E-state index in [2.05, 4.69) is 0 Å². The molecule has 1 aliphatic rings. The smallest absolute Gasteiger partial charge is 0.138 e. The highest BCUT2D eigenvalue weighted by Gasteiger charge is 2.41. The second-order valence-corrected chi connectivity index (χ2v) is 4.34. The van der Waals surface area contributed by atoms with Gasteiger partial charge in [-0.15, -0.1) is 0 Å². The Labute approximate surface area is 72.1 Å². The van der Waals surface area contributed by atoms with Crippen molar-refractivity contribution in [3.8, 4) is 0 Å². The molecule has 3 heteroatoms. The average Bonchev–Trinajstić information content (AvgIpc) is 1.82. The van der Waals surface area contributed by atoms with Gasteiger partial charge in [0.05, 0.1) is 5.60 Å². The van der Waals surface area contributed by atoms with Gasteiger partial charge in [0.1, 0.15) is 18.1 Å². The van der Waals surface area contributed by atoms with Gasteiger partial charge in [0.25, 0.3) is 0 Å². The van der Waals surface area contributed by atoms with Gasteiger partial charge in [-0.25, -0.2) is 4.39 Å². The number of halogens is 1. The quantitative estimate of drug-likeness (QED) is 0.606. The topological polar surface area (TPSA) is 26.3 Å². The van der Waals surface area contributed by atoms with Crippen LogP contribution in [0.1, 0.15) is 33.6 Å². The number of rotatable bonds is 1. The molecule has 1 rings (SSSR count). The lowest BCUT2D eigenvalue weighted by Crippen LogP contribution is -2.48. The van der Waals surface area contributed by atoms with Crippen LogP contribution in [0.4, 0.5) is 4.39 Å². The molecule has 1 atom stereocenters. The molecule has 1 saturated heterocycles. The van der Waals surface area contributed by atoms with Gasteiger partial charge in [0.2, 0.25) is 0 Å².